The number of aromatic hydroxyl groups is 1. The Bertz CT molecular complexity index is 1240. The van der Waals surface area contributed by atoms with Crippen molar-refractivity contribution in [3.05, 3.63) is 72.8 Å². The molecule has 0 radical (unpaired) electrons. The summed E-state index contributed by atoms with van der Waals surface area (Å²) < 4.78 is 30.1. The first-order valence-corrected chi connectivity index (χ1v) is 16.4. The van der Waals surface area contributed by atoms with E-state index in [1.54, 1.807) is 36.4 Å². The molecule has 0 aliphatic carbocycles. The van der Waals surface area contributed by atoms with Gasteiger partial charge >= 0.3 is 0 Å². The standard InChI is InChI=1S/C34H46N2O6S/c1-4-6-7-8-9-10-11-12-13-33(34(38)36-35-27-14-18-29(19-15-27)40-26(3)5-2)41-30-22-24-32(25-23-30)43(39)42-31-20-16-28(37)17-21-31/h14-26,33,35,37H,4-13H2,1-3H3,(H,36,38). The monoisotopic (exact) mass is 610 g/mol. The number of hydrazine groups is 1. The fourth-order valence-electron chi connectivity index (χ4n) is 4.28. The number of benzene rings is 3. The highest BCUT2D eigenvalue weighted by Gasteiger charge is 2.21. The quantitative estimate of drug-likeness (QED) is 0.0877. The predicted octanol–water partition coefficient (Wildman–Crippen LogP) is 8.09. The molecule has 0 heterocycles. The number of hydrogen-bond donors (Lipinski definition) is 3. The Morgan fingerprint density at radius 3 is 1.95 bits per heavy atom. The third-order valence-electron chi connectivity index (χ3n) is 7.01. The van der Waals surface area contributed by atoms with Crippen molar-refractivity contribution in [2.75, 3.05) is 5.43 Å². The van der Waals surface area contributed by atoms with Crippen molar-refractivity contribution < 1.29 is 27.8 Å². The smallest absolute Gasteiger partial charge is 0.279 e. The molecule has 8 nitrogen and oxygen atoms in total. The first kappa shape index (κ1) is 33.8. The summed E-state index contributed by atoms with van der Waals surface area (Å²) in [5.74, 6) is 1.48. The maximum atomic E-state index is 13.2. The zero-order valence-electron chi connectivity index (χ0n) is 25.6. The van der Waals surface area contributed by atoms with Gasteiger partial charge in [0.15, 0.2) is 6.10 Å². The molecule has 0 saturated carbocycles. The van der Waals surface area contributed by atoms with Crippen LogP contribution in [0.5, 0.6) is 23.0 Å². The summed E-state index contributed by atoms with van der Waals surface area (Å²) in [6, 6.07) is 20.1. The molecule has 1 amide bonds. The number of carbonyl (C=O) groups is 1. The molecule has 0 bridgehead atoms. The van der Waals surface area contributed by atoms with Crippen LogP contribution in [0.15, 0.2) is 77.7 Å². The second kappa shape index (κ2) is 18.7. The summed E-state index contributed by atoms with van der Waals surface area (Å²) in [6.45, 7) is 6.32. The highest BCUT2D eigenvalue weighted by molar-refractivity contribution is 7.80. The molecule has 0 spiro atoms. The van der Waals surface area contributed by atoms with Crippen molar-refractivity contribution in [3.8, 4) is 23.0 Å². The van der Waals surface area contributed by atoms with Crippen LogP contribution in [0, 0.1) is 0 Å². The molecule has 0 fully saturated rings. The summed E-state index contributed by atoms with van der Waals surface area (Å²) in [4.78, 5) is 13.7. The van der Waals surface area contributed by atoms with E-state index in [-0.39, 0.29) is 17.8 Å². The van der Waals surface area contributed by atoms with Gasteiger partial charge in [0.1, 0.15) is 23.0 Å². The first-order chi connectivity index (χ1) is 20.9. The Balaban J connectivity index is 1.57. The minimum absolute atomic E-state index is 0.102. The number of phenolic OH excluding ortho intramolecular Hbond substituents is 1. The third-order valence-corrected chi connectivity index (χ3v) is 8.01. The highest BCUT2D eigenvalue weighted by Crippen LogP contribution is 2.23. The van der Waals surface area contributed by atoms with Gasteiger partial charge in [0.2, 0.25) is 11.1 Å². The first-order valence-electron chi connectivity index (χ1n) is 15.4. The van der Waals surface area contributed by atoms with Crippen LogP contribution in [0.2, 0.25) is 0 Å². The van der Waals surface area contributed by atoms with E-state index in [0.29, 0.717) is 22.8 Å². The summed E-state index contributed by atoms with van der Waals surface area (Å²) in [5, 5.41) is 9.42. The van der Waals surface area contributed by atoms with Gasteiger partial charge in [0.25, 0.3) is 5.91 Å². The summed E-state index contributed by atoms with van der Waals surface area (Å²) in [7, 11) is 0. The molecule has 3 rings (SSSR count). The van der Waals surface area contributed by atoms with Gasteiger partial charge in [0.05, 0.1) is 16.7 Å². The van der Waals surface area contributed by atoms with Crippen molar-refractivity contribution in [2.24, 2.45) is 0 Å². The minimum atomic E-state index is -1.75. The molecule has 43 heavy (non-hydrogen) atoms. The number of nitrogens with one attached hydrogen (secondary N) is 2. The van der Waals surface area contributed by atoms with Crippen molar-refractivity contribution in [1.29, 1.82) is 0 Å². The number of amides is 1. The lowest BCUT2D eigenvalue weighted by molar-refractivity contribution is -0.127. The average molecular weight is 611 g/mol. The Hall–Kier alpha value is -3.72. The fourth-order valence-corrected chi connectivity index (χ4v) is 5.03. The van der Waals surface area contributed by atoms with Gasteiger partial charge in [-0.15, -0.1) is 0 Å². The van der Waals surface area contributed by atoms with Gasteiger partial charge in [0, 0.05) is 0 Å². The normalized spacial score (nSPS) is 13.0. The van der Waals surface area contributed by atoms with Crippen LogP contribution in [0.4, 0.5) is 5.69 Å². The van der Waals surface area contributed by atoms with E-state index < -0.39 is 17.2 Å². The lowest BCUT2D eigenvalue weighted by Gasteiger charge is -2.20. The lowest BCUT2D eigenvalue weighted by atomic mass is 10.1. The Kier molecular flexibility index (Phi) is 14.7. The van der Waals surface area contributed by atoms with Crippen molar-refractivity contribution >= 4 is 22.7 Å². The maximum absolute atomic E-state index is 13.2. The molecule has 3 N–H and O–H groups in total. The lowest BCUT2D eigenvalue weighted by Crippen LogP contribution is -2.41. The predicted molar refractivity (Wildman–Crippen MR) is 172 cm³/mol. The fraction of sp³-hybridized carbons (Fsp3) is 0.441. The number of rotatable bonds is 20. The van der Waals surface area contributed by atoms with Crippen LogP contribution in [0.3, 0.4) is 0 Å². The molecular weight excluding hydrogens is 564 g/mol. The SMILES string of the molecule is CCCCCCCCCCC(Oc1ccc(S(=O)Oc2ccc(O)cc2)cc1)C(=O)NNc1ccc(OC(C)CC)cc1. The molecule has 0 saturated heterocycles. The van der Waals surface area contributed by atoms with E-state index in [4.69, 9.17) is 13.7 Å². The van der Waals surface area contributed by atoms with Gasteiger partial charge in [-0.1, -0.05) is 58.8 Å². The van der Waals surface area contributed by atoms with Gasteiger partial charge < -0.3 is 18.8 Å². The van der Waals surface area contributed by atoms with Crippen LogP contribution < -0.4 is 24.5 Å². The number of hydrogen-bond acceptors (Lipinski definition) is 7. The number of ether oxygens (including phenoxy) is 2. The zero-order chi connectivity index (χ0) is 30.9. The van der Waals surface area contributed by atoms with Gasteiger partial charge in [-0.3, -0.25) is 15.6 Å². The van der Waals surface area contributed by atoms with Crippen LogP contribution in [0.25, 0.3) is 0 Å². The van der Waals surface area contributed by atoms with Crippen LogP contribution in [-0.2, 0) is 15.9 Å². The summed E-state index contributed by atoms with van der Waals surface area (Å²) in [6.07, 6.45) is 10.2. The van der Waals surface area contributed by atoms with Crippen molar-refractivity contribution in [2.45, 2.75) is 102 Å². The molecule has 3 unspecified atom stereocenters. The van der Waals surface area contributed by atoms with Crippen molar-refractivity contribution in [1.82, 2.24) is 5.43 Å². The van der Waals surface area contributed by atoms with E-state index in [2.05, 4.69) is 24.7 Å². The van der Waals surface area contributed by atoms with Gasteiger partial charge in [-0.05, 0) is 99.0 Å². The Labute approximate surface area is 258 Å². The van der Waals surface area contributed by atoms with E-state index in [1.807, 2.05) is 31.2 Å². The zero-order valence-corrected chi connectivity index (χ0v) is 26.4. The average Bonchev–Trinajstić information content (AvgIpc) is 3.02. The van der Waals surface area contributed by atoms with Gasteiger partial charge in [-0.2, -0.15) is 0 Å². The van der Waals surface area contributed by atoms with Gasteiger partial charge in [-0.25, -0.2) is 4.21 Å². The second-order valence-corrected chi connectivity index (χ2v) is 11.7. The highest BCUT2D eigenvalue weighted by atomic mass is 32.2. The Morgan fingerprint density at radius 1 is 0.767 bits per heavy atom. The number of carbonyl (C=O) groups excluding carboxylic acids is 1. The molecule has 3 aromatic carbocycles. The topological polar surface area (TPSA) is 106 Å². The second-order valence-electron chi connectivity index (χ2n) is 10.6. The molecule has 0 aromatic heterocycles. The van der Waals surface area contributed by atoms with Crippen LogP contribution in [0.1, 0.15) is 85.0 Å². The van der Waals surface area contributed by atoms with Crippen molar-refractivity contribution in [3.63, 3.8) is 0 Å². The number of unbranched alkanes of at least 4 members (excludes halogenated alkanes) is 7. The number of anilines is 1. The van der Waals surface area contributed by atoms with Crippen LogP contribution in [-0.4, -0.2) is 27.4 Å². The molecule has 3 aromatic rings. The summed E-state index contributed by atoms with van der Waals surface area (Å²) in [5.41, 5.74) is 6.50. The largest absolute Gasteiger partial charge is 0.508 e. The number of phenols is 1. The molecule has 0 aliphatic rings. The summed E-state index contributed by atoms with van der Waals surface area (Å²) >= 11 is -1.75. The minimum Gasteiger partial charge on any atom is -0.508 e. The third kappa shape index (κ3) is 12.6. The maximum Gasteiger partial charge on any atom is 0.279 e. The van der Waals surface area contributed by atoms with E-state index in [1.165, 1.54) is 44.2 Å². The molecule has 0 aliphatic heterocycles. The Morgan fingerprint density at radius 2 is 1.33 bits per heavy atom. The molecule has 234 valence electrons. The van der Waals surface area contributed by atoms with E-state index >= 15 is 0 Å². The molecule has 3 atom stereocenters. The van der Waals surface area contributed by atoms with E-state index in [9.17, 15) is 14.1 Å². The molecule has 9 heteroatoms. The van der Waals surface area contributed by atoms with Crippen LogP contribution >= 0.6 is 0 Å². The molecular formula is C34H46N2O6S. The van der Waals surface area contributed by atoms with E-state index in [0.717, 1.165) is 37.1 Å².